The summed E-state index contributed by atoms with van der Waals surface area (Å²) in [7, 11) is 0. The number of amides is 4. The van der Waals surface area contributed by atoms with Crippen LogP contribution in [0.2, 0.25) is 0 Å². The summed E-state index contributed by atoms with van der Waals surface area (Å²) in [6.07, 6.45) is 1.53. The molecule has 154 valence electrons. The third kappa shape index (κ3) is 4.07. The van der Waals surface area contributed by atoms with Crippen molar-refractivity contribution < 1.29 is 27.6 Å². The molecule has 0 spiro atoms. The highest BCUT2D eigenvalue weighted by atomic mass is 19.4. The van der Waals surface area contributed by atoms with E-state index in [1.165, 1.54) is 12.2 Å². The van der Waals surface area contributed by atoms with Crippen LogP contribution in [-0.2, 0) is 9.59 Å². The Morgan fingerprint density at radius 2 is 1.96 bits per heavy atom. The second-order valence-corrected chi connectivity index (χ2v) is 8.42. The standard InChI is InChI=1S/C19H24F3N3O3/c1-17(2,9-11-3-5-13(6-4-11)19(20,21)22)14(26)23-10-18(12-7-8-12)15(27)24-16(28)25-18/h3-5,12-13H,6-10H2,1-2H3,(H,23,26)(H2,24,25,27,28)/t13?,18-/m0/s1. The Bertz CT molecular complexity index is 753. The van der Waals surface area contributed by atoms with Gasteiger partial charge in [-0.3, -0.25) is 14.9 Å². The van der Waals surface area contributed by atoms with Gasteiger partial charge in [-0.15, -0.1) is 0 Å². The third-order valence-corrected chi connectivity index (χ3v) is 5.63. The van der Waals surface area contributed by atoms with E-state index < -0.39 is 35.0 Å². The van der Waals surface area contributed by atoms with Crippen molar-refractivity contribution in [2.75, 3.05) is 6.54 Å². The molecule has 2 atom stereocenters. The molecule has 1 heterocycles. The van der Waals surface area contributed by atoms with Gasteiger partial charge in [-0.2, -0.15) is 13.2 Å². The van der Waals surface area contributed by atoms with E-state index in [9.17, 15) is 27.6 Å². The molecule has 3 aliphatic rings. The lowest BCUT2D eigenvalue weighted by molar-refractivity contribution is -0.160. The van der Waals surface area contributed by atoms with Gasteiger partial charge in [0.2, 0.25) is 5.91 Å². The molecule has 1 aliphatic heterocycles. The summed E-state index contributed by atoms with van der Waals surface area (Å²) in [4.78, 5) is 36.5. The van der Waals surface area contributed by atoms with E-state index in [-0.39, 0.29) is 31.2 Å². The number of halogens is 3. The van der Waals surface area contributed by atoms with E-state index in [0.717, 1.165) is 18.9 Å². The van der Waals surface area contributed by atoms with E-state index in [1.54, 1.807) is 13.8 Å². The summed E-state index contributed by atoms with van der Waals surface area (Å²) in [6.45, 7) is 3.39. The van der Waals surface area contributed by atoms with Gasteiger partial charge in [0.05, 0.1) is 12.5 Å². The molecule has 4 amide bonds. The van der Waals surface area contributed by atoms with Crippen LogP contribution in [0.3, 0.4) is 0 Å². The predicted octanol–water partition coefficient (Wildman–Crippen LogP) is 2.57. The first kappa shape index (κ1) is 20.4. The van der Waals surface area contributed by atoms with Crippen molar-refractivity contribution in [3.63, 3.8) is 0 Å². The summed E-state index contributed by atoms with van der Waals surface area (Å²) < 4.78 is 38.2. The summed E-state index contributed by atoms with van der Waals surface area (Å²) in [5, 5.41) is 7.62. The van der Waals surface area contributed by atoms with Crippen LogP contribution in [0.1, 0.15) is 39.5 Å². The SMILES string of the molecule is CC(C)(CC1=CCC(C(F)(F)F)C=C1)C(=O)NC[C@@]1(C2CC2)NC(=O)NC1=O. The van der Waals surface area contributed by atoms with Crippen molar-refractivity contribution in [2.24, 2.45) is 17.3 Å². The summed E-state index contributed by atoms with van der Waals surface area (Å²) in [5.74, 6) is -2.26. The molecule has 0 aromatic heterocycles. The van der Waals surface area contributed by atoms with E-state index in [1.807, 2.05) is 0 Å². The van der Waals surface area contributed by atoms with Crippen molar-refractivity contribution >= 4 is 17.8 Å². The molecule has 28 heavy (non-hydrogen) atoms. The van der Waals surface area contributed by atoms with Gasteiger partial charge in [0.25, 0.3) is 5.91 Å². The van der Waals surface area contributed by atoms with Crippen LogP contribution in [0.15, 0.2) is 23.8 Å². The lowest BCUT2D eigenvalue weighted by Gasteiger charge is -2.30. The van der Waals surface area contributed by atoms with Gasteiger partial charge in [-0.1, -0.05) is 37.6 Å². The van der Waals surface area contributed by atoms with Crippen LogP contribution in [0.25, 0.3) is 0 Å². The predicted molar refractivity (Wildman–Crippen MR) is 94.9 cm³/mol. The molecule has 1 unspecified atom stereocenters. The lowest BCUT2D eigenvalue weighted by atomic mass is 9.81. The molecule has 2 fully saturated rings. The van der Waals surface area contributed by atoms with Gasteiger partial charge in [-0.25, -0.2) is 4.79 Å². The van der Waals surface area contributed by atoms with Crippen molar-refractivity contribution in [2.45, 2.75) is 51.2 Å². The second-order valence-electron chi connectivity index (χ2n) is 8.42. The zero-order valence-electron chi connectivity index (χ0n) is 15.8. The zero-order valence-corrected chi connectivity index (χ0v) is 15.8. The number of allylic oxidation sites excluding steroid dienone is 4. The second kappa shape index (κ2) is 6.93. The Morgan fingerprint density at radius 1 is 1.29 bits per heavy atom. The fourth-order valence-corrected chi connectivity index (χ4v) is 3.73. The maximum absolute atomic E-state index is 12.7. The first-order valence-corrected chi connectivity index (χ1v) is 9.30. The van der Waals surface area contributed by atoms with Gasteiger partial charge < -0.3 is 10.6 Å². The quantitative estimate of drug-likeness (QED) is 0.600. The zero-order chi connectivity index (χ0) is 20.7. The minimum absolute atomic E-state index is 0.00866. The molecule has 0 radical (unpaired) electrons. The van der Waals surface area contributed by atoms with E-state index in [4.69, 9.17) is 0 Å². The van der Waals surface area contributed by atoms with Crippen molar-refractivity contribution in [1.29, 1.82) is 0 Å². The van der Waals surface area contributed by atoms with Gasteiger partial charge in [0.1, 0.15) is 5.54 Å². The number of hydrogen-bond donors (Lipinski definition) is 3. The maximum atomic E-state index is 12.7. The van der Waals surface area contributed by atoms with Crippen LogP contribution in [0.5, 0.6) is 0 Å². The Hall–Kier alpha value is -2.32. The van der Waals surface area contributed by atoms with Crippen LogP contribution < -0.4 is 16.0 Å². The smallest absolute Gasteiger partial charge is 0.353 e. The van der Waals surface area contributed by atoms with E-state index in [0.29, 0.717) is 5.57 Å². The Labute approximate surface area is 161 Å². The highest BCUT2D eigenvalue weighted by molar-refractivity contribution is 6.07. The number of carbonyl (C=O) groups is 3. The number of nitrogens with one attached hydrogen (secondary N) is 3. The molecule has 9 heteroatoms. The molecule has 1 saturated carbocycles. The monoisotopic (exact) mass is 399 g/mol. The van der Waals surface area contributed by atoms with E-state index in [2.05, 4.69) is 16.0 Å². The molecular formula is C19H24F3N3O3. The highest BCUT2D eigenvalue weighted by Crippen LogP contribution is 2.41. The van der Waals surface area contributed by atoms with E-state index >= 15 is 0 Å². The first-order valence-electron chi connectivity index (χ1n) is 9.30. The average Bonchev–Trinajstić information content (AvgIpc) is 3.38. The normalized spacial score (nSPS) is 27.9. The minimum atomic E-state index is -4.27. The van der Waals surface area contributed by atoms with Crippen LogP contribution >= 0.6 is 0 Å². The van der Waals surface area contributed by atoms with Crippen molar-refractivity contribution in [3.8, 4) is 0 Å². The van der Waals surface area contributed by atoms with Crippen molar-refractivity contribution in [3.05, 3.63) is 23.8 Å². The largest absolute Gasteiger partial charge is 0.395 e. The molecule has 6 nitrogen and oxygen atoms in total. The summed E-state index contributed by atoms with van der Waals surface area (Å²) in [6, 6.07) is -0.567. The number of carbonyl (C=O) groups excluding carboxylic acids is 3. The molecule has 0 aromatic carbocycles. The summed E-state index contributed by atoms with van der Waals surface area (Å²) >= 11 is 0. The first-order chi connectivity index (χ1) is 12.9. The number of imide groups is 1. The lowest BCUT2D eigenvalue weighted by Crippen LogP contribution is -2.58. The number of alkyl halides is 3. The fraction of sp³-hybridized carbons (Fsp3) is 0.632. The van der Waals surface area contributed by atoms with Crippen molar-refractivity contribution in [1.82, 2.24) is 16.0 Å². The maximum Gasteiger partial charge on any atom is 0.395 e. The van der Waals surface area contributed by atoms with Gasteiger partial charge in [0.15, 0.2) is 0 Å². The summed E-state index contributed by atoms with van der Waals surface area (Å²) in [5.41, 5.74) is -1.33. The fourth-order valence-electron chi connectivity index (χ4n) is 3.73. The average molecular weight is 399 g/mol. The highest BCUT2D eigenvalue weighted by Gasteiger charge is 2.56. The molecule has 0 aromatic rings. The van der Waals surface area contributed by atoms with Gasteiger partial charge in [-0.05, 0) is 31.6 Å². The number of hydrogen-bond acceptors (Lipinski definition) is 3. The molecule has 2 aliphatic carbocycles. The topological polar surface area (TPSA) is 87.3 Å². The Morgan fingerprint density at radius 3 is 2.43 bits per heavy atom. The van der Waals surface area contributed by atoms with Crippen LogP contribution in [0, 0.1) is 17.3 Å². The minimum Gasteiger partial charge on any atom is -0.353 e. The Balaban J connectivity index is 1.59. The van der Waals surface area contributed by atoms with Gasteiger partial charge in [0, 0.05) is 5.41 Å². The molecule has 0 bridgehead atoms. The number of urea groups is 1. The Kier molecular flexibility index (Phi) is 5.05. The molecule has 3 rings (SSSR count). The van der Waals surface area contributed by atoms with Gasteiger partial charge >= 0.3 is 12.2 Å². The van der Waals surface area contributed by atoms with Crippen LogP contribution in [-0.4, -0.2) is 36.1 Å². The number of rotatable bonds is 6. The molecular weight excluding hydrogens is 375 g/mol. The molecule has 3 N–H and O–H groups in total. The van der Waals surface area contributed by atoms with Crippen LogP contribution in [0.4, 0.5) is 18.0 Å². The molecule has 1 saturated heterocycles. The third-order valence-electron chi connectivity index (χ3n) is 5.63.